The van der Waals surface area contributed by atoms with Crippen molar-refractivity contribution in [3.63, 3.8) is 0 Å². The Morgan fingerprint density at radius 3 is 2.29 bits per heavy atom. The average molecular weight is 193 g/mol. The van der Waals surface area contributed by atoms with Gasteiger partial charge in [-0.25, -0.2) is 0 Å². The number of rotatable bonds is 2. The first kappa shape index (κ1) is 12.6. The van der Waals surface area contributed by atoms with Crippen LogP contribution in [0.25, 0.3) is 0 Å². The minimum absolute atomic E-state index is 0.927. The molecule has 0 aliphatic carbocycles. The Hall–Kier alpha value is -1.38. The van der Waals surface area contributed by atoms with Gasteiger partial charge in [0.2, 0.25) is 0 Å². The van der Waals surface area contributed by atoms with Crippen molar-refractivity contribution in [2.45, 2.75) is 20.8 Å². The van der Waals surface area contributed by atoms with Crippen LogP contribution in [-0.4, -0.2) is 14.1 Å². The van der Waals surface area contributed by atoms with Crippen molar-refractivity contribution in [2.75, 3.05) is 19.4 Å². The van der Waals surface area contributed by atoms with E-state index in [-0.39, 0.29) is 0 Å². The molecule has 1 aromatic rings. The van der Waals surface area contributed by atoms with Crippen LogP contribution in [0.4, 0.5) is 11.4 Å². The normalized spacial score (nSPS) is 9.50. The molecule has 0 unspecified atom stereocenters. The van der Waals surface area contributed by atoms with Gasteiger partial charge >= 0.3 is 0 Å². The number of hydrogen-bond donors (Lipinski definition) is 1. The predicted molar refractivity (Wildman–Crippen MR) is 62.5 cm³/mol. The summed E-state index contributed by atoms with van der Waals surface area (Å²) in [6, 6.07) is 5.98. The second kappa shape index (κ2) is 7.06. The third kappa shape index (κ3) is 3.56. The molecule has 1 N–H and O–H groups in total. The van der Waals surface area contributed by atoms with Gasteiger partial charge in [0, 0.05) is 19.8 Å². The number of nitrogens with zero attached hydrogens (tertiary/aromatic N) is 2. The van der Waals surface area contributed by atoms with E-state index in [2.05, 4.69) is 15.5 Å². The zero-order valence-corrected chi connectivity index (χ0v) is 9.63. The lowest BCUT2D eigenvalue weighted by molar-refractivity contribution is 1.15. The van der Waals surface area contributed by atoms with Crippen LogP contribution < -0.4 is 5.32 Å². The first-order valence-corrected chi connectivity index (χ1v) is 4.86. The number of aryl methyl sites for hydroxylation is 1. The van der Waals surface area contributed by atoms with Gasteiger partial charge in [-0.1, -0.05) is 13.8 Å². The Kier molecular flexibility index (Phi) is 6.37. The van der Waals surface area contributed by atoms with Crippen LogP contribution in [-0.2, 0) is 0 Å². The van der Waals surface area contributed by atoms with Crippen LogP contribution in [0.1, 0.15) is 19.4 Å². The standard InChI is InChI=1S/C9H13N3.C2H6/c1-7-6-8(10-2)4-5-9(7)12-11-3;1-2/h4-6,10H,1-3H3;1-2H3. The molecule has 0 aliphatic heterocycles. The minimum Gasteiger partial charge on any atom is -0.388 e. The van der Waals surface area contributed by atoms with Gasteiger partial charge < -0.3 is 5.32 Å². The molecule has 78 valence electrons. The topological polar surface area (TPSA) is 36.8 Å². The lowest BCUT2D eigenvalue weighted by Gasteiger charge is -2.02. The van der Waals surface area contributed by atoms with Gasteiger partial charge in [0.1, 0.15) is 0 Å². The van der Waals surface area contributed by atoms with Crippen molar-refractivity contribution in [1.29, 1.82) is 0 Å². The van der Waals surface area contributed by atoms with Crippen molar-refractivity contribution in [3.05, 3.63) is 23.8 Å². The Balaban J connectivity index is 0.000000791. The van der Waals surface area contributed by atoms with Crippen LogP contribution in [0.3, 0.4) is 0 Å². The lowest BCUT2D eigenvalue weighted by Crippen LogP contribution is -1.87. The molecule has 0 aromatic heterocycles. The molecule has 0 heterocycles. The third-order valence-electron chi connectivity index (χ3n) is 1.69. The molecule has 0 atom stereocenters. The monoisotopic (exact) mass is 193 g/mol. The highest BCUT2D eigenvalue weighted by Crippen LogP contribution is 2.21. The van der Waals surface area contributed by atoms with Gasteiger partial charge in [0.25, 0.3) is 0 Å². The first-order valence-electron chi connectivity index (χ1n) is 4.86. The van der Waals surface area contributed by atoms with E-state index < -0.39 is 0 Å². The fourth-order valence-corrected chi connectivity index (χ4v) is 1.03. The number of benzene rings is 1. The highest BCUT2D eigenvalue weighted by atomic mass is 15.1. The third-order valence-corrected chi connectivity index (χ3v) is 1.69. The summed E-state index contributed by atoms with van der Waals surface area (Å²) in [5, 5.41) is 10.8. The van der Waals surface area contributed by atoms with E-state index in [1.807, 2.05) is 46.0 Å². The quantitative estimate of drug-likeness (QED) is 0.713. The number of azo groups is 1. The van der Waals surface area contributed by atoms with Gasteiger partial charge in [-0.2, -0.15) is 10.2 Å². The molecular formula is C11H19N3. The maximum atomic E-state index is 3.98. The minimum atomic E-state index is 0.927. The molecule has 0 spiro atoms. The van der Waals surface area contributed by atoms with Gasteiger partial charge in [-0.3, -0.25) is 0 Å². The molecule has 0 fully saturated rings. The summed E-state index contributed by atoms with van der Waals surface area (Å²) in [5.41, 5.74) is 3.16. The van der Waals surface area contributed by atoms with E-state index in [0.29, 0.717) is 0 Å². The SMILES string of the molecule is CC.CN=Nc1ccc(NC)cc1C. The summed E-state index contributed by atoms with van der Waals surface area (Å²) in [6.45, 7) is 6.02. The van der Waals surface area contributed by atoms with E-state index in [0.717, 1.165) is 16.9 Å². The van der Waals surface area contributed by atoms with Crippen LogP contribution in [0.2, 0.25) is 0 Å². The van der Waals surface area contributed by atoms with E-state index in [4.69, 9.17) is 0 Å². The highest BCUT2D eigenvalue weighted by Gasteiger charge is 1.96. The molecular weight excluding hydrogens is 174 g/mol. The van der Waals surface area contributed by atoms with Gasteiger partial charge in [-0.05, 0) is 30.7 Å². The number of anilines is 1. The Bertz CT molecular complexity index is 293. The molecule has 1 rings (SSSR count). The van der Waals surface area contributed by atoms with E-state index in [1.54, 1.807) is 7.05 Å². The Morgan fingerprint density at radius 1 is 1.21 bits per heavy atom. The molecule has 0 saturated carbocycles. The summed E-state index contributed by atoms with van der Waals surface area (Å²) in [4.78, 5) is 0. The summed E-state index contributed by atoms with van der Waals surface area (Å²) < 4.78 is 0. The Morgan fingerprint density at radius 2 is 1.86 bits per heavy atom. The van der Waals surface area contributed by atoms with E-state index in [1.165, 1.54) is 0 Å². The molecule has 0 saturated heterocycles. The second-order valence-electron chi connectivity index (χ2n) is 2.55. The number of hydrogen-bond acceptors (Lipinski definition) is 3. The maximum absolute atomic E-state index is 3.98. The number of nitrogens with one attached hydrogen (secondary N) is 1. The Labute approximate surface area is 86.3 Å². The molecule has 3 nitrogen and oxygen atoms in total. The zero-order chi connectivity index (χ0) is 11.0. The largest absolute Gasteiger partial charge is 0.388 e. The lowest BCUT2D eigenvalue weighted by atomic mass is 10.2. The van der Waals surface area contributed by atoms with Crippen molar-refractivity contribution in [1.82, 2.24) is 0 Å². The fraction of sp³-hybridized carbons (Fsp3) is 0.455. The van der Waals surface area contributed by atoms with Gasteiger partial charge in [0.05, 0.1) is 5.69 Å². The molecule has 0 bridgehead atoms. The second-order valence-corrected chi connectivity index (χ2v) is 2.55. The van der Waals surface area contributed by atoms with Crippen molar-refractivity contribution < 1.29 is 0 Å². The van der Waals surface area contributed by atoms with Crippen molar-refractivity contribution >= 4 is 11.4 Å². The van der Waals surface area contributed by atoms with Crippen molar-refractivity contribution in [2.24, 2.45) is 10.2 Å². The fourth-order valence-electron chi connectivity index (χ4n) is 1.03. The summed E-state index contributed by atoms with van der Waals surface area (Å²) in [5.74, 6) is 0. The molecule has 1 aromatic carbocycles. The summed E-state index contributed by atoms with van der Waals surface area (Å²) in [6.07, 6.45) is 0. The molecule has 3 heteroatoms. The van der Waals surface area contributed by atoms with Gasteiger partial charge in [-0.15, -0.1) is 0 Å². The van der Waals surface area contributed by atoms with E-state index >= 15 is 0 Å². The van der Waals surface area contributed by atoms with Crippen LogP contribution in [0.5, 0.6) is 0 Å². The first-order chi connectivity index (χ1) is 6.77. The van der Waals surface area contributed by atoms with Crippen molar-refractivity contribution in [3.8, 4) is 0 Å². The maximum Gasteiger partial charge on any atom is 0.0883 e. The molecule has 0 radical (unpaired) electrons. The molecule has 0 aliphatic rings. The summed E-state index contributed by atoms with van der Waals surface area (Å²) in [7, 11) is 3.57. The highest BCUT2D eigenvalue weighted by molar-refractivity contribution is 5.55. The van der Waals surface area contributed by atoms with Crippen LogP contribution in [0, 0.1) is 6.92 Å². The summed E-state index contributed by atoms with van der Waals surface area (Å²) >= 11 is 0. The van der Waals surface area contributed by atoms with Crippen LogP contribution >= 0.6 is 0 Å². The zero-order valence-electron chi connectivity index (χ0n) is 9.63. The molecule has 0 amide bonds. The molecule has 14 heavy (non-hydrogen) atoms. The average Bonchev–Trinajstić information content (AvgIpc) is 2.24. The van der Waals surface area contributed by atoms with Crippen LogP contribution in [0.15, 0.2) is 28.4 Å². The van der Waals surface area contributed by atoms with E-state index in [9.17, 15) is 0 Å². The predicted octanol–water partition coefficient (Wildman–Crippen LogP) is 3.78. The van der Waals surface area contributed by atoms with Gasteiger partial charge in [0.15, 0.2) is 0 Å². The smallest absolute Gasteiger partial charge is 0.0883 e.